The van der Waals surface area contributed by atoms with Gasteiger partial charge in [0, 0.05) is 32.7 Å². The molecule has 1 aromatic rings. The molecule has 0 unspecified atom stereocenters. The molecule has 94 valence electrons. The van der Waals surface area contributed by atoms with Gasteiger partial charge in [-0.15, -0.1) is 0 Å². The van der Waals surface area contributed by atoms with Gasteiger partial charge in [0.15, 0.2) is 0 Å². The number of benzene rings is 1. The molecule has 1 saturated heterocycles. The van der Waals surface area contributed by atoms with E-state index in [1.165, 1.54) is 56.8 Å². The van der Waals surface area contributed by atoms with Crippen LogP contribution in [0.4, 0.5) is 0 Å². The Morgan fingerprint density at radius 2 is 1.53 bits per heavy atom. The van der Waals surface area contributed by atoms with Gasteiger partial charge in [-0.2, -0.15) is 0 Å². The van der Waals surface area contributed by atoms with Crippen molar-refractivity contribution in [1.82, 2.24) is 9.80 Å². The summed E-state index contributed by atoms with van der Waals surface area (Å²) in [6.45, 7) is 11.8. The van der Waals surface area contributed by atoms with Crippen LogP contribution in [0.2, 0.25) is 0 Å². The lowest BCUT2D eigenvalue weighted by atomic mass is 10.1. The minimum Gasteiger partial charge on any atom is -0.301 e. The van der Waals surface area contributed by atoms with E-state index in [4.69, 9.17) is 0 Å². The molecule has 1 heterocycles. The molecule has 0 aromatic heterocycles. The summed E-state index contributed by atoms with van der Waals surface area (Å²) in [5, 5.41) is 0. The summed E-state index contributed by atoms with van der Waals surface area (Å²) < 4.78 is 0. The lowest BCUT2D eigenvalue weighted by molar-refractivity contribution is 0.138. The highest BCUT2D eigenvalue weighted by Gasteiger charge is 2.14. The van der Waals surface area contributed by atoms with E-state index in [2.05, 4.69) is 47.9 Å². The monoisotopic (exact) mass is 232 g/mol. The maximum Gasteiger partial charge on any atom is 0.0110 e. The maximum absolute atomic E-state index is 2.59. The number of nitrogens with zero attached hydrogens (tertiary/aromatic N) is 2. The highest BCUT2D eigenvalue weighted by molar-refractivity contribution is 5.21. The molecule has 17 heavy (non-hydrogen) atoms. The maximum atomic E-state index is 2.59. The van der Waals surface area contributed by atoms with Crippen LogP contribution in [0.1, 0.15) is 18.1 Å². The van der Waals surface area contributed by atoms with Gasteiger partial charge < -0.3 is 9.80 Å². The molecule has 1 aliphatic heterocycles. The average Bonchev–Trinajstić information content (AvgIpc) is 2.39. The van der Waals surface area contributed by atoms with Crippen LogP contribution in [0.15, 0.2) is 24.3 Å². The molecule has 2 rings (SSSR count). The quantitative estimate of drug-likeness (QED) is 0.785. The summed E-state index contributed by atoms with van der Waals surface area (Å²) in [5.41, 5.74) is 2.82. The summed E-state index contributed by atoms with van der Waals surface area (Å²) >= 11 is 0. The Kier molecular flexibility index (Phi) is 4.57. The second kappa shape index (κ2) is 6.18. The van der Waals surface area contributed by atoms with E-state index in [0.717, 1.165) is 0 Å². The number of likely N-dealkylation sites (N-methyl/N-ethyl adjacent to an activating group) is 1. The SMILES string of the molecule is CCN1CCN(CCc2ccc(C)cc2)CC1. The van der Waals surface area contributed by atoms with Gasteiger partial charge in [-0.3, -0.25) is 0 Å². The standard InChI is InChI=1S/C15H24N2/c1-3-16-10-12-17(13-11-16)9-8-15-6-4-14(2)5-7-15/h4-7H,3,8-13H2,1-2H3. The van der Waals surface area contributed by atoms with Gasteiger partial charge in [0.1, 0.15) is 0 Å². The van der Waals surface area contributed by atoms with E-state index in [0.29, 0.717) is 0 Å². The van der Waals surface area contributed by atoms with Gasteiger partial charge in [0.2, 0.25) is 0 Å². The first-order valence-corrected chi connectivity index (χ1v) is 6.78. The molecule has 1 aromatic carbocycles. The third-order valence-electron chi connectivity index (χ3n) is 3.75. The molecule has 0 radical (unpaired) electrons. The smallest absolute Gasteiger partial charge is 0.0110 e. The zero-order valence-corrected chi connectivity index (χ0v) is 11.2. The number of hydrogen-bond donors (Lipinski definition) is 0. The second-order valence-corrected chi connectivity index (χ2v) is 5.01. The molecule has 1 fully saturated rings. The van der Waals surface area contributed by atoms with E-state index in [1.54, 1.807) is 0 Å². The molecule has 1 aliphatic rings. The van der Waals surface area contributed by atoms with Crippen molar-refractivity contribution in [3.05, 3.63) is 35.4 Å². The van der Waals surface area contributed by atoms with Gasteiger partial charge in [-0.25, -0.2) is 0 Å². The Balaban J connectivity index is 1.74. The third-order valence-corrected chi connectivity index (χ3v) is 3.75. The van der Waals surface area contributed by atoms with Crippen LogP contribution in [0.5, 0.6) is 0 Å². The molecule has 2 heteroatoms. The van der Waals surface area contributed by atoms with Crippen molar-refractivity contribution < 1.29 is 0 Å². The zero-order chi connectivity index (χ0) is 12.1. The molecule has 0 N–H and O–H groups in total. The number of hydrogen-bond acceptors (Lipinski definition) is 2. The first-order valence-electron chi connectivity index (χ1n) is 6.78. The first kappa shape index (κ1) is 12.6. The first-order chi connectivity index (χ1) is 8.28. The molecule has 0 saturated carbocycles. The zero-order valence-electron chi connectivity index (χ0n) is 11.2. The third kappa shape index (κ3) is 3.83. The summed E-state index contributed by atoms with van der Waals surface area (Å²) in [6.07, 6.45) is 1.19. The minimum atomic E-state index is 1.19. The van der Waals surface area contributed by atoms with E-state index in [9.17, 15) is 0 Å². The summed E-state index contributed by atoms with van der Waals surface area (Å²) in [4.78, 5) is 5.12. The molecule has 0 amide bonds. The van der Waals surface area contributed by atoms with Crippen molar-refractivity contribution in [2.24, 2.45) is 0 Å². The van der Waals surface area contributed by atoms with Crippen molar-refractivity contribution in [2.45, 2.75) is 20.3 Å². The van der Waals surface area contributed by atoms with Crippen molar-refractivity contribution in [1.29, 1.82) is 0 Å². The summed E-state index contributed by atoms with van der Waals surface area (Å²) in [6, 6.07) is 8.95. The Hall–Kier alpha value is -0.860. The number of aryl methyl sites for hydroxylation is 1. The molecular formula is C15H24N2. The van der Waals surface area contributed by atoms with Crippen LogP contribution >= 0.6 is 0 Å². The van der Waals surface area contributed by atoms with Crippen LogP contribution in [-0.2, 0) is 6.42 Å². The second-order valence-electron chi connectivity index (χ2n) is 5.01. The fourth-order valence-corrected chi connectivity index (χ4v) is 2.37. The predicted octanol–water partition coefficient (Wildman–Crippen LogP) is 2.18. The van der Waals surface area contributed by atoms with E-state index < -0.39 is 0 Å². The molecule has 0 spiro atoms. The fourth-order valence-electron chi connectivity index (χ4n) is 2.37. The lowest BCUT2D eigenvalue weighted by Crippen LogP contribution is -2.46. The fraction of sp³-hybridized carbons (Fsp3) is 0.600. The van der Waals surface area contributed by atoms with Crippen LogP contribution in [-0.4, -0.2) is 49.1 Å². The van der Waals surface area contributed by atoms with E-state index in [-0.39, 0.29) is 0 Å². The highest BCUT2D eigenvalue weighted by Crippen LogP contribution is 2.07. The predicted molar refractivity (Wildman–Crippen MR) is 73.4 cm³/mol. The largest absolute Gasteiger partial charge is 0.301 e. The van der Waals surface area contributed by atoms with Gasteiger partial charge in [-0.1, -0.05) is 36.8 Å². The van der Waals surface area contributed by atoms with Gasteiger partial charge in [0.05, 0.1) is 0 Å². The lowest BCUT2D eigenvalue weighted by Gasteiger charge is -2.34. The average molecular weight is 232 g/mol. The highest BCUT2D eigenvalue weighted by atomic mass is 15.3. The Labute approximate surface area is 105 Å². The van der Waals surface area contributed by atoms with Crippen LogP contribution in [0.3, 0.4) is 0 Å². The minimum absolute atomic E-state index is 1.19. The van der Waals surface area contributed by atoms with Gasteiger partial charge in [-0.05, 0) is 25.5 Å². The van der Waals surface area contributed by atoms with Gasteiger partial charge >= 0.3 is 0 Å². The van der Waals surface area contributed by atoms with Crippen LogP contribution in [0, 0.1) is 6.92 Å². The molecule has 2 nitrogen and oxygen atoms in total. The Morgan fingerprint density at radius 3 is 2.12 bits per heavy atom. The Morgan fingerprint density at radius 1 is 0.941 bits per heavy atom. The number of rotatable bonds is 4. The molecule has 0 bridgehead atoms. The topological polar surface area (TPSA) is 6.48 Å². The van der Waals surface area contributed by atoms with Crippen molar-refractivity contribution in [3.8, 4) is 0 Å². The summed E-state index contributed by atoms with van der Waals surface area (Å²) in [5.74, 6) is 0. The van der Waals surface area contributed by atoms with Crippen molar-refractivity contribution >= 4 is 0 Å². The Bertz CT molecular complexity index is 323. The summed E-state index contributed by atoms with van der Waals surface area (Å²) in [7, 11) is 0. The molecular weight excluding hydrogens is 208 g/mol. The molecule has 0 aliphatic carbocycles. The molecule has 0 atom stereocenters. The van der Waals surface area contributed by atoms with E-state index in [1.807, 2.05) is 0 Å². The van der Waals surface area contributed by atoms with Crippen LogP contribution in [0.25, 0.3) is 0 Å². The van der Waals surface area contributed by atoms with E-state index >= 15 is 0 Å². The van der Waals surface area contributed by atoms with Crippen LogP contribution < -0.4 is 0 Å². The van der Waals surface area contributed by atoms with Gasteiger partial charge in [0.25, 0.3) is 0 Å². The van der Waals surface area contributed by atoms with Crippen molar-refractivity contribution in [2.75, 3.05) is 39.3 Å². The normalized spacial score (nSPS) is 18.5. The number of piperazine rings is 1. The van der Waals surface area contributed by atoms with Crippen molar-refractivity contribution in [3.63, 3.8) is 0 Å².